The van der Waals surface area contributed by atoms with Crippen molar-refractivity contribution in [2.75, 3.05) is 0 Å². The predicted octanol–water partition coefficient (Wildman–Crippen LogP) is 9.14. The molecule has 0 fully saturated rings. The Morgan fingerprint density at radius 3 is 2.05 bits per heavy atom. The molecule has 0 unspecified atom stereocenters. The Bertz CT molecular complexity index is 1940. The molecule has 0 saturated heterocycles. The number of nitrogens with zero attached hydrogens (tertiary/aromatic N) is 2. The van der Waals surface area contributed by atoms with Gasteiger partial charge in [-0.15, -0.1) is 17.0 Å². The summed E-state index contributed by atoms with van der Waals surface area (Å²) >= 11 is 0. The zero-order valence-corrected chi connectivity index (χ0v) is 26.4. The Kier molecular flexibility index (Phi) is 6.18. The molecule has 5 aromatic carbocycles. The molecule has 7 rings (SSSR count). The van der Waals surface area contributed by atoms with E-state index in [4.69, 9.17) is 0 Å². The second kappa shape index (κ2) is 9.26. The first-order valence-electron chi connectivity index (χ1n) is 13.8. The van der Waals surface area contributed by atoms with Crippen LogP contribution in [0, 0.1) is 13.0 Å². The first kappa shape index (κ1) is 26.7. The van der Waals surface area contributed by atoms with E-state index in [2.05, 4.69) is 154 Å². The van der Waals surface area contributed by atoms with Gasteiger partial charge in [-0.1, -0.05) is 105 Å². The molecule has 40 heavy (non-hydrogen) atoms. The number of fused-ring (bicyclic) bond motifs is 4. The number of imidazole rings is 1. The number of rotatable bonds is 2. The van der Waals surface area contributed by atoms with Gasteiger partial charge in [0.2, 0.25) is 0 Å². The van der Waals surface area contributed by atoms with Crippen molar-refractivity contribution in [3.63, 3.8) is 0 Å². The zero-order chi connectivity index (χ0) is 27.1. The second-order valence-corrected chi connectivity index (χ2v) is 12.2. The van der Waals surface area contributed by atoms with E-state index in [0.29, 0.717) is 0 Å². The third-order valence-corrected chi connectivity index (χ3v) is 9.14. The minimum Gasteiger partial charge on any atom is -0.248 e. The molecule has 0 bridgehead atoms. The maximum atomic E-state index is 3.71. The molecule has 1 aromatic heterocycles. The van der Waals surface area contributed by atoms with E-state index in [0.717, 1.165) is 5.69 Å². The summed E-state index contributed by atoms with van der Waals surface area (Å²) in [6.07, 6.45) is 2.18. The van der Waals surface area contributed by atoms with Crippen molar-refractivity contribution < 1.29 is 20.1 Å². The van der Waals surface area contributed by atoms with E-state index < -0.39 is 0 Å². The van der Waals surface area contributed by atoms with Gasteiger partial charge in [-0.25, -0.2) is 4.57 Å². The largest absolute Gasteiger partial charge is 0.248 e. The Labute approximate surface area is 250 Å². The van der Waals surface area contributed by atoms with Gasteiger partial charge in [-0.2, -0.15) is 10.6 Å². The summed E-state index contributed by atoms with van der Waals surface area (Å²) in [6, 6.07) is 37.3. The van der Waals surface area contributed by atoms with E-state index in [1.165, 1.54) is 60.8 Å². The summed E-state index contributed by atoms with van der Waals surface area (Å²) in [4.78, 5) is 0. The maximum absolute atomic E-state index is 3.71. The van der Waals surface area contributed by atoms with Crippen LogP contribution in [-0.4, -0.2) is 9.13 Å². The van der Waals surface area contributed by atoms with Gasteiger partial charge >= 0.3 is 0 Å². The average Bonchev–Trinajstić information content (AvgIpc) is 3.28. The number of benzene rings is 5. The standard InChI is InChI=1S/C37H34N2.Ir/c1-24-12-11-17-34-35(24)39(23-38(34)6)33-21-19-26(27-13-7-8-14-28(27)33)25-18-20-31-32(22-25)37(4,5)30-16-10-9-15-29(30)36(31,2)3;/h7-20,22-23H,1-6H3;. The quantitative estimate of drug-likeness (QED) is 0.160. The van der Waals surface area contributed by atoms with Crippen molar-refractivity contribution in [3.05, 3.63) is 131 Å². The molecule has 0 atom stereocenters. The van der Waals surface area contributed by atoms with E-state index >= 15 is 0 Å². The third-order valence-electron chi connectivity index (χ3n) is 9.14. The maximum Gasteiger partial charge on any atom is 0.191 e. The Morgan fingerprint density at radius 2 is 1.32 bits per heavy atom. The van der Waals surface area contributed by atoms with Gasteiger partial charge in [0.25, 0.3) is 0 Å². The van der Waals surface area contributed by atoms with Crippen LogP contribution in [0.25, 0.3) is 38.6 Å². The van der Waals surface area contributed by atoms with Crippen LogP contribution in [0.15, 0.2) is 97.3 Å². The van der Waals surface area contributed by atoms with Gasteiger partial charge in [0.05, 0.1) is 0 Å². The molecular weight excluding hydrogens is 665 g/mol. The number of aryl methyl sites for hydroxylation is 2. The van der Waals surface area contributed by atoms with Crippen molar-refractivity contribution in [2.24, 2.45) is 7.05 Å². The van der Waals surface area contributed by atoms with Gasteiger partial charge in [0.15, 0.2) is 17.4 Å². The molecule has 1 aliphatic carbocycles. The normalized spacial score (nSPS) is 14.9. The van der Waals surface area contributed by atoms with Crippen LogP contribution in [0.4, 0.5) is 0 Å². The van der Waals surface area contributed by atoms with Crippen LogP contribution in [0.3, 0.4) is 0 Å². The van der Waals surface area contributed by atoms with Gasteiger partial charge in [-0.3, -0.25) is 0 Å². The number of para-hydroxylation sites is 1. The monoisotopic (exact) mass is 699 g/mol. The summed E-state index contributed by atoms with van der Waals surface area (Å²) in [5.74, 6) is 0. The summed E-state index contributed by atoms with van der Waals surface area (Å²) in [7, 11) is 2.11. The molecule has 2 nitrogen and oxygen atoms in total. The molecule has 0 aliphatic heterocycles. The van der Waals surface area contributed by atoms with E-state index in [1.54, 1.807) is 0 Å². The van der Waals surface area contributed by atoms with Gasteiger partial charge in [0.1, 0.15) is 0 Å². The summed E-state index contributed by atoms with van der Waals surface area (Å²) < 4.78 is 4.50. The molecule has 0 spiro atoms. The van der Waals surface area contributed by atoms with Crippen molar-refractivity contribution in [2.45, 2.75) is 45.4 Å². The molecule has 0 saturated carbocycles. The molecule has 201 valence electrons. The zero-order valence-electron chi connectivity index (χ0n) is 24.0. The summed E-state index contributed by atoms with van der Waals surface area (Å²) in [5, 5.41) is 2.45. The summed E-state index contributed by atoms with van der Waals surface area (Å²) in [6.45, 7) is 11.7. The third kappa shape index (κ3) is 3.68. The number of aromatic nitrogens is 2. The fourth-order valence-electron chi connectivity index (χ4n) is 7.00. The molecule has 1 aliphatic rings. The van der Waals surface area contributed by atoms with Gasteiger partial charge < -0.3 is 0 Å². The van der Waals surface area contributed by atoms with Crippen LogP contribution >= 0.6 is 0 Å². The first-order chi connectivity index (χ1) is 18.7. The molecule has 1 radical (unpaired) electrons. The van der Waals surface area contributed by atoms with Crippen molar-refractivity contribution in [1.29, 1.82) is 0 Å². The van der Waals surface area contributed by atoms with Crippen molar-refractivity contribution >= 4 is 21.8 Å². The van der Waals surface area contributed by atoms with Crippen LogP contribution < -0.4 is 0 Å². The van der Waals surface area contributed by atoms with E-state index in [-0.39, 0.29) is 30.9 Å². The van der Waals surface area contributed by atoms with Crippen molar-refractivity contribution in [3.8, 4) is 16.8 Å². The van der Waals surface area contributed by atoms with Crippen LogP contribution in [0.1, 0.15) is 55.5 Å². The topological polar surface area (TPSA) is 9.86 Å². The average molecular weight is 699 g/mol. The smallest absolute Gasteiger partial charge is 0.191 e. The van der Waals surface area contributed by atoms with Crippen LogP contribution in [-0.2, 0) is 38.0 Å². The predicted molar refractivity (Wildman–Crippen MR) is 164 cm³/mol. The van der Waals surface area contributed by atoms with Gasteiger partial charge in [0, 0.05) is 55.3 Å². The van der Waals surface area contributed by atoms with Crippen LogP contribution in [0.2, 0.25) is 0 Å². The minimum absolute atomic E-state index is 0. The minimum atomic E-state index is -0.0761. The number of hydrogen-bond acceptors (Lipinski definition) is 0. The molecule has 6 aromatic rings. The van der Waals surface area contributed by atoms with Crippen LogP contribution in [0.5, 0.6) is 0 Å². The first-order valence-corrected chi connectivity index (χ1v) is 13.8. The van der Waals surface area contributed by atoms with Crippen molar-refractivity contribution in [1.82, 2.24) is 9.13 Å². The SMILES string of the molecule is Cc1cccc2c1n(-c1[c-]cc(-c3ccc4c(c3)C(C)(C)c3ccccc3C4(C)C)c3ccccc13)[cH+]n2C.[Ir]. The fourth-order valence-corrected chi connectivity index (χ4v) is 7.00. The molecule has 3 heteroatoms. The molecule has 0 N–H and O–H groups in total. The Balaban J connectivity index is 0.00000289. The molecule has 1 heterocycles. The molecule has 0 amide bonds. The fraction of sp³-hybridized carbons (Fsp3) is 0.216. The Hall–Kier alpha value is -3.52. The molecular formula is C37H34IrN2. The van der Waals surface area contributed by atoms with Gasteiger partial charge in [-0.05, 0) is 41.3 Å². The van der Waals surface area contributed by atoms with E-state index in [9.17, 15) is 0 Å². The number of hydrogen-bond donors (Lipinski definition) is 0. The van der Waals surface area contributed by atoms with E-state index in [1.807, 2.05) is 0 Å². The summed E-state index contributed by atoms with van der Waals surface area (Å²) in [5.41, 5.74) is 12.8. The Morgan fingerprint density at radius 1 is 0.700 bits per heavy atom. The second-order valence-electron chi connectivity index (χ2n) is 12.2.